The summed E-state index contributed by atoms with van der Waals surface area (Å²) in [4.78, 5) is 0. The lowest BCUT2D eigenvalue weighted by Gasteiger charge is -2.05. The second-order valence-electron chi connectivity index (χ2n) is 5.10. The lowest BCUT2D eigenvalue weighted by molar-refractivity contribution is 0.592. The summed E-state index contributed by atoms with van der Waals surface area (Å²) in [7, 11) is 1.99. The average molecular weight is 279 g/mol. The zero-order valence-corrected chi connectivity index (χ0v) is 12.6. The van der Waals surface area contributed by atoms with Gasteiger partial charge in [0.15, 0.2) is 0 Å². The minimum atomic E-state index is 0.816. The number of nitrogens with one attached hydrogen (secondary N) is 1. The Labute approximate surface area is 120 Å². The van der Waals surface area contributed by atoms with Crippen molar-refractivity contribution in [2.24, 2.45) is 0 Å². The van der Waals surface area contributed by atoms with Crippen molar-refractivity contribution in [3.05, 3.63) is 35.0 Å². The number of hydrogen-bond acceptors (Lipinski definition) is 1. The van der Waals surface area contributed by atoms with Crippen LogP contribution in [0.3, 0.4) is 0 Å². The van der Waals surface area contributed by atoms with Crippen LogP contribution in [-0.4, -0.2) is 11.6 Å². The monoisotopic (exact) mass is 278 g/mol. The molecule has 19 heavy (non-hydrogen) atoms. The van der Waals surface area contributed by atoms with Crippen LogP contribution in [0.4, 0.5) is 0 Å². The van der Waals surface area contributed by atoms with Gasteiger partial charge in [-0.3, -0.25) is 0 Å². The van der Waals surface area contributed by atoms with Crippen molar-refractivity contribution < 1.29 is 0 Å². The van der Waals surface area contributed by atoms with E-state index in [4.69, 9.17) is 11.6 Å². The summed E-state index contributed by atoms with van der Waals surface area (Å²) in [5.41, 5.74) is 2.61. The standard InChI is InChI=1S/C16H23ClN2/c1-3-4-5-6-9-19-12-13(11-18-2)15-8-7-14(17)10-16(15)19/h7-8,10,12,18H,3-6,9,11H2,1-2H3. The molecule has 1 heterocycles. The molecule has 0 aliphatic carbocycles. The van der Waals surface area contributed by atoms with Crippen LogP contribution < -0.4 is 5.32 Å². The van der Waals surface area contributed by atoms with Crippen LogP contribution in [0.25, 0.3) is 10.9 Å². The van der Waals surface area contributed by atoms with E-state index in [0.29, 0.717) is 0 Å². The number of unbranched alkanes of at least 4 members (excludes halogenated alkanes) is 3. The van der Waals surface area contributed by atoms with E-state index >= 15 is 0 Å². The molecule has 0 radical (unpaired) electrons. The second kappa shape index (κ2) is 6.97. The van der Waals surface area contributed by atoms with E-state index in [0.717, 1.165) is 18.1 Å². The molecular weight excluding hydrogens is 256 g/mol. The highest BCUT2D eigenvalue weighted by Crippen LogP contribution is 2.25. The van der Waals surface area contributed by atoms with E-state index in [1.54, 1.807) is 0 Å². The van der Waals surface area contributed by atoms with E-state index in [2.05, 4.69) is 35.1 Å². The zero-order valence-electron chi connectivity index (χ0n) is 11.9. The smallest absolute Gasteiger partial charge is 0.0498 e. The third-order valence-corrected chi connectivity index (χ3v) is 3.78. The normalized spacial score (nSPS) is 11.3. The lowest BCUT2D eigenvalue weighted by Crippen LogP contribution is -2.04. The summed E-state index contributed by atoms with van der Waals surface area (Å²) in [6.45, 7) is 4.23. The molecule has 0 amide bonds. The molecule has 0 aliphatic rings. The van der Waals surface area contributed by atoms with Crippen molar-refractivity contribution in [1.29, 1.82) is 0 Å². The van der Waals surface area contributed by atoms with Gasteiger partial charge < -0.3 is 9.88 Å². The van der Waals surface area contributed by atoms with Crippen molar-refractivity contribution in [3.63, 3.8) is 0 Å². The van der Waals surface area contributed by atoms with Gasteiger partial charge in [-0.1, -0.05) is 43.9 Å². The number of benzene rings is 1. The Bertz CT molecular complexity index is 531. The summed E-state index contributed by atoms with van der Waals surface area (Å²) in [5, 5.41) is 5.36. The van der Waals surface area contributed by atoms with Gasteiger partial charge in [-0.25, -0.2) is 0 Å². The van der Waals surface area contributed by atoms with Gasteiger partial charge in [0.05, 0.1) is 0 Å². The summed E-state index contributed by atoms with van der Waals surface area (Å²) in [5.74, 6) is 0. The van der Waals surface area contributed by atoms with Crippen LogP contribution in [0.2, 0.25) is 5.02 Å². The molecule has 0 unspecified atom stereocenters. The van der Waals surface area contributed by atoms with Gasteiger partial charge in [0.1, 0.15) is 0 Å². The molecule has 0 saturated heterocycles. The molecule has 0 aliphatic heterocycles. The van der Waals surface area contributed by atoms with E-state index in [1.807, 2.05) is 13.1 Å². The number of aromatic nitrogens is 1. The summed E-state index contributed by atoms with van der Waals surface area (Å²) >= 11 is 6.13. The van der Waals surface area contributed by atoms with Crippen molar-refractivity contribution in [2.75, 3.05) is 7.05 Å². The number of halogens is 1. The molecule has 0 saturated carbocycles. The van der Waals surface area contributed by atoms with Gasteiger partial charge >= 0.3 is 0 Å². The van der Waals surface area contributed by atoms with Crippen molar-refractivity contribution in [1.82, 2.24) is 9.88 Å². The average Bonchev–Trinajstić information content (AvgIpc) is 2.73. The summed E-state index contributed by atoms with van der Waals surface area (Å²) in [6, 6.07) is 6.19. The number of fused-ring (bicyclic) bond motifs is 1. The van der Waals surface area contributed by atoms with Crippen LogP contribution in [0.15, 0.2) is 24.4 Å². The maximum absolute atomic E-state index is 6.13. The third kappa shape index (κ3) is 3.52. The highest BCUT2D eigenvalue weighted by atomic mass is 35.5. The van der Waals surface area contributed by atoms with E-state index in [9.17, 15) is 0 Å². The predicted molar refractivity (Wildman–Crippen MR) is 83.9 cm³/mol. The van der Waals surface area contributed by atoms with Crippen LogP contribution in [0.5, 0.6) is 0 Å². The predicted octanol–water partition coefficient (Wildman–Crippen LogP) is 4.59. The molecule has 2 rings (SSSR count). The molecule has 104 valence electrons. The Kier molecular flexibility index (Phi) is 5.29. The van der Waals surface area contributed by atoms with Gasteiger partial charge in [-0.05, 0) is 31.2 Å². The molecule has 1 aromatic heterocycles. The Hall–Kier alpha value is -0.990. The minimum absolute atomic E-state index is 0.816. The Morgan fingerprint density at radius 2 is 2.05 bits per heavy atom. The zero-order chi connectivity index (χ0) is 13.7. The fourth-order valence-corrected chi connectivity index (χ4v) is 2.73. The van der Waals surface area contributed by atoms with Crippen molar-refractivity contribution >= 4 is 22.5 Å². The largest absolute Gasteiger partial charge is 0.347 e. The topological polar surface area (TPSA) is 17.0 Å². The van der Waals surface area contributed by atoms with Gasteiger partial charge in [0.25, 0.3) is 0 Å². The maximum Gasteiger partial charge on any atom is 0.0498 e. The van der Waals surface area contributed by atoms with E-state index < -0.39 is 0 Å². The highest BCUT2D eigenvalue weighted by Gasteiger charge is 2.08. The molecule has 0 spiro atoms. The fraction of sp³-hybridized carbons (Fsp3) is 0.500. The van der Waals surface area contributed by atoms with Crippen LogP contribution in [0, 0.1) is 0 Å². The molecule has 0 fully saturated rings. The molecule has 2 aromatic rings. The SMILES string of the molecule is CCCCCCn1cc(CNC)c2ccc(Cl)cc21. The molecule has 1 aromatic carbocycles. The molecule has 0 atom stereocenters. The van der Waals surface area contributed by atoms with Crippen LogP contribution >= 0.6 is 11.6 Å². The fourth-order valence-electron chi connectivity index (χ4n) is 2.57. The van der Waals surface area contributed by atoms with Crippen molar-refractivity contribution in [2.45, 2.75) is 45.7 Å². The number of rotatable bonds is 7. The Morgan fingerprint density at radius 3 is 2.79 bits per heavy atom. The van der Waals surface area contributed by atoms with E-state index in [-0.39, 0.29) is 0 Å². The summed E-state index contributed by atoms with van der Waals surface area (Å²) < 4.78 is 2.35. The van der Waals surface area contributed by atoms with Gasteiger partial charge in [0, 0.05) is 35.2 Å². The maximum atomic E-state index is 6.13. The molecule has 3 heteroatoms. The number of hydrogen-bond donors (Lipinski definition) is 1. The third-order valence-electron chi connectivity index (χ3n) is 3.55. The number of aryl methyl sites for hydroxylation is 1. The first-order valence-electron chi connectivity index (χ1n) is 7.18. The number of nitrogens with zero attached hydrogens (tertiary/aromatic N) is 1. The molecule has 0 bridgehead atoms. The second-order valence-corrected chi connectivity index (χ2v) is 5.54. The molecular formula is C16H23ClN2. The Balaban J connectivity index is 2.23. The van der Waals surface area contributed by atoms with Gasteiger partial charge in [-0.15, -0.1) is 0 Å². The van der Waals surface area contributed by atoms with Crippen LogP contribution in [-0.2, 0) is 13.1 Å². The first-order valence-corrected chi connectivity index (χ1v) is 7.56. The quantitative estimate of drug-likeness (QED) is 0.733. The Morgan fingerprint density at radius 1 is 1.21 bits per heavy atom. The lowest BCUT2D eigenvalue weighted by atomic mass is 10.2. The summed E-state index contributed by atoms with van der Waals surface area (Å²) in [6.07, 6.45) is 7.41. The first kappa shape index (κ1) is 14.4. The van der Waals surface area contributed by atoms with Gasteiger partial charge in [-0.2, -0.15) is 0 Å². The minimum Gasteiger partial charge on any atom is -0.347 e. The molecule has 2 nitrogen and oxygen atoms in total. The first-order chi connectivity index (χ1) is 9.26. The molecule has 1 N–H and O–H groups in total. The highest BCUT2D eigenvalue weighted by molar-refractivity contribution is 6.31. The van der Waals surface area contributed by atoms with Crippen LogP contribution in [0.1, 0.15) is 38.2 Å². The van der Waals surface area contributed by atoms with Crippen molar-refractivity contribution in [3.8, 4) is 0 Å². The van der Waals surface area contributed by atoms with E-state index in [1.165, 1.54) is 42.1 Å². The van der Waals surface area contributed by atoms with Gasteiger partial charge in [0.2, 0.25) is 0 Å².